The van der Waals surface area contributed by atoms with Crippen LogP contribution in [0.2, 0.25) is 0 Å². The first-order valence-electron chi connectivity index (χ1n) is 11.9. The van der Waals surface area contributed by atoms with Gasteiger partial charge in [0.15, 0.2) is 0 Å². The lowest BCUT2D eigenvalue weighted by Gasteiger charge is -2.33. The molecule has 0 saturated carbocycles. The summed E-state index contributed by atoms with van der Waals surface area (Å²) in [5.41, 5.74) is 2.10. The minimum atomic E-state index is -0.728. The van der Waals surface area contributed by atoms with Gasteiger partial charge in [-0.15, -0.1) is 0 Å². The smallest absolute Gasteiger partial charge is 0.251 e. The largest absolute Gasteiger partial charge is 0.389 e. The van der Waals surface area contributed by atoms with Crippen LogP contribution in [0.15, 0.2) is 78.9 Å². The average Bonchev–Trinajstić information content (AvgIpc) is 2.88. The van der Waals surface area contributed by atoms with Crippen LogP contribution in [0.3, 0.4) is 0 Å². The van der Waals surface area contributed by atoms with E-state index in [9.17, 15) is 18.7 Å². The van der Waals surface area contributed by atoms with Crippen LogP contribution in [0.4, 0.5) is 8.78 Å². The molecule has 1 heterocycles. The number of benzene rings is 3. The highest BCUT2D eigenvalue weighted by atomic mass is 19.1. The first-order chi connectivity index (χ1) is 17.0. The molecule has 35 heavy (non-hydrogen) atoms. The van der Waals surface area contributed by atoms with E-state index >= 15 is 0 Å². The number of β-amino-alcohol motifs (C(OH)–C–C–N with tert-alkyl or cyclic N) is 1. The fourth-order valence-electron chi connectivity index (χ4n) is 4.34. The van der Waals surface area contributed by atoms with Crippen LogP contribution in [0, 0.1) is 11.6 Å². The van der Waals surface area contributed by atoms with Crippen molar-refractivity contribution in [2.75, 3.05) is 26.2 Å². The predicted octanol–water partition coefficient (Wildman–Crippen LogP) is 4.33. The molecule has 0 radical (unpaired) electrons. The molecule has 0 spiro atoms. The lowest BCUT2D eigenvalue weighted by atomic mass is 10.0. The lowest BCUT2D eigenvalue weighted by molar-refractivity contribution is -0.0114. The van der Waals surface area contributed by atoms with E-state index < -0.39 is 12.2 Å². The van der Waals surface area contributed by atoms with Crippen molar-refractivity contribution in [3.63, 3.8) is 0 Å². The predicted molar refractivity (Wildman–Crippen MR) is 130 cm³/mol. The Morgan fingerprint density at radius 1 is 0.914 bits per heavy atom. The highest BCUT2D eigenvalue weighted by molar-refractivity contribution is 5.94. The second kappa shape index (κ2) is 12.0. The van der Waals surface area contributed by atoms with E-state index in [0.29, 0.717) is 12.1 Å². The molecule has 0 aliphatic carbocycles. The molecule has 0 bridgehead atoms. The third-order valence-corrected chi connectivity index (χ3v) is 6.23. The van der Waals surface area contributed by atoms with E-state index in [4.69, 9.17) is 4.74 Å². The third kappa shape index (κ3) is 7.18. The summed E-state index contributed by atoms with van der Waals surface area (Å²) in [7, 11) is 0. The average molecular weight is 481 g/mol. The lowest BCUT2D eigenvalue weighted by Crippen LogP contribution is -2.47. The molecule has 1 amide bonds. The van der Waals surface area contributed by atoms with E-state index in [2.05, 4.69) is 10.2 Å². The number of ether oxygens (including phenoxy) is 1. The highest BCUT2D eigenvalue weighted by Crippen LogP contribution is 2.27. The Bertz CT molecular complexity index is 1020. The third-order valence-electron chi connectivity index (χ3n) is 6.23. The molecule has 1 fully saturated rings. The molecule has 3 aromatic rings. The molecule has 4 rings (SSSR count). The van der Waals surface area contributed by atoms with Crippen molar-refractivity contribution in [1.82, 2.24) is 10.2 Å². The van der Waals surface area contributed by atoms with Crippen molar-refractivity contribution in [1.29, 1.82) is 0 Å². The van der Waals surface area contributed by atoms with Crippen LogP contribution in [0.25, 0.3) is 0 Å². The zero-order chi connectivity index (χ0) is 24.6. The number of piperidine rings is 1. The minimum Gasteiger partial charge on any atom is -0.389 e. The zero-order valence-electron chi connectivity index (χ0n) is 19.4. The Balaban J connectivity index is 1.27. The van der Waals surface area contributed by atoms with Gasteiger partial charge in [-0.25, -0.2) is 8.78 Å². The van der Waals surface area contributed by atoms with Crippen LogP contribution in [0.5, 0.6) is 0 Å². The quantitative estimate of drug-likeness (QED) is 0.479. The summed E-state index contributed by atoms with van der Waals surface area (Å²) in [6.45, 7) is 2.04. The second-order valence-electron chi connectivity index (χ2n) is 8.88. The number of hydrogen-bond donors (Lipinski definition) is 2. The van der Waals surface area contributed by atoms with Crippen molar-refractivity contribution in [3.8, 4) is 0 Å². The van der Waals surface area contributed by atoms with Crippen molar-refractivity contribution in [2.24, 2.45) is 0 Å². The number of carbonyl (C=O) groups excluding carboxylic acids is 1. The Morgan fingerprint density at radius 2 is 1.46 bits per heavy atom. The number of carbonyl (C=O) groups is 1. The minimum absolute atomic E-state index is 0.0647. The van der Waals surface area contributed by atoms with Crippen molar-refractivity contribution >= 4 is 5.91 Å². The van der Waals surface area contributed by atoms with Gasteiger partial charge in [0, 0.05) is 31.2 Å². The van der Waals surface area contributed by atoms with E-state index in [1.807, 2.05) is 18.2 Å². The molecule has 1 aliphatic rings. The summed E-state index contributed by atoms with van der Waals surface area (Å²) in [4.78, 5) is 14.5. The molecule has 1 atom stereocenters. The van der Waals surface area contributed by atoms with Gasteiger partial charge in [-0.2, -0.15) is 0 Å². The second-order valence-corrected chi connectivity index (χ2v) is 8.88. The summed E-state index contributed by atoms with van der Waals surface area (Å²) in [5, 5.41) is 13.7. The van der Waals surface area contributed by atoms with Crippen molar-refractivity contribution in [2.45, 2.75) is 31.1 Å². The number of nitrogens with zero attached hydrogens (tertiary/aromatic N) is 1. The Hall–Kier alpha value is -3.13. The van der Waals surface area contributed by atoms with Crippen LogP contribution >= 0.6 is 0 Å². The van der Waals surface area contributed by atoms with Crippen molar-refractivity contribution in [3.05, 3.63) is 107 Å². The Labute approximate surface area is 204 Å². The van der Waals surface area contributed by atoms with Gasteiger partial charge in [0.05, 0.1) is 12.7 Å². The van der Waals surface area contributed by atoms with Crippen LogP contribution in [-0.2, 0) is 4.74 Å². The van der Waals surface area contributed by atoms with Gasteiger partial charge in [0.1, 0.15) is 17.7 Å². The molecule has 0 aromatic heterocycles. The molecule has 1 saturated heterocycles. The van der Waals surface area contributed by atoms with E-state index in [-0.39, 0.29) is 30.2 Å². The Kier molecular flexibility index (Phi) is 8.58. The summed E-state index contributed by atoms with van der Waals surface area (Å²) >= 11 is 0. The summed E-state index contributed by atoms with van der Waals surface area (Å²) < 4.78 is 32.9. The van der Waals surface area contributed by atoms with Crippen LogP contribution in [-0.4, -0.2) is 54.3 Å². The maximum Gasteiger partial charge on any atom is 0.251 e. The van der Waals surface area contributed by atoms with Crippen LogP contribution in [0.1, 0.15) is 40.4 Å². The SMILES string of the molecule is O=C(NC1CCN(CC(O)COC(c2ccc(F)cc2)c2ccc(F)cc2)CC1)c1ccccc1. The summed E-state index contributed by atoms with van der Waals surface area (Å²) in [6.07, 6.45) is 0.332. The fourth-order valence-corrected chi connectivity index (χ4v) is 4.34. The van der Waals surface area contributed by atoms with E-state index in [1.165, 1.54) is 24.3 Å². The molecule has 184 valence electrons. The van der Waals surface area contributed by atoms with Gasteiger partial charge in [-0.05, 0) is 60.4 Å². The van der Waals surface area contributed by atoms with Gasteiger partial charge in [-0.3, -0.25) is 4.79 Å². The molecule has 1 aliphatic heterocycles. The van der Waals surface area contributed by atoms with Gasteiger partial charge in [0.25, 0.3) is 5.91 Å². The normalized spacial score (nSPS) is 15.8. The maximum absolute atomic E-state index is 13.4. The standard InChI is InChI=1S/C28H30F2N2O3/c29-23-10-6-20(7-11-23)27(21-8-12-24(30)13-9-21)35-19-26(33)18-32-16-14-25(15-17-32)31-28(34)22-4-2-1-3-5-22/h1-13,25-27,33H,14-19H2,(H,31,34). The number of aliphatic hydroxyl groups excluding tert-OH is 1. The molecule has 5 nitrogen and oxygen atoms in total. The summed E-state index contributed by atoms with van der Waals surface area (Å²) in [6, 6.07) is 21.2. The highest BCUT2D eigenvalue weighted by Gasteiger charge is 2.24. The molecule has 1 unspecified atom stereocenters. The molecular weight excluding hydrogens is 450 g/mol. The van der Waals surface area contributed by atoms with Crippen molar-refractivity contribution < 1.29 is 23.4 Å². The molecule has 3 aromatic carbocycles. The van der Waals surface area contributed by atoms with Gasteiger partial charge < -0.3 is 20.1 Å². The number of likely N-dealkylation sites (tertiary alicyclic amines) is 1. The van der Waals surface area contributed by atoms with Gasteiger partial charge >= 0.3 is 0 Å². The molecule has 7 heteroatoms. The first kappa shape index (κ1) is 25.0. The molecular formula is C28H30F2N2O3. The fraction of sp³-hybridized carbons (Fsp3) is 0.321. The number of amides is 1. The van der Waals surface area contributed by atoms with E-state index in [0.717, 1.165) is 37.1 Å². The van der Waals surface area contributed by atoms with Crippen LogP contribution < -0.4 is 5.32 Å². The molecule has 2 N–H and O–H groups in total. The zero-order valence-corrected chi connectivity index (χ0v) is 19.4. The number of halogens is 2. The number of nitrogens with one attached hydrogen (secondary N) is 1. The first-order valence-corrected chi connectivity index (χ1v) is 11.9. The van der Waals surface area contributed by atoms with E-state index in [1.54, 1.807) is 36.4 Å². The monoisotopic (exact) mass is 480 g/mol. The van der Waals surface area contributed by atoms with Gasteiger partial charge in [-0.1, -0.05) is 42.5 Å². The summed E-state index contributed by atoms with van der Waals surface area (Å²) in [5.74, 6) is -0.768. The number of rotatable bonds is 9. The topological polar surface area (TPSA) is 61.8 Å². The number of hydrogen-bond acceptors (Lipinski definition) is 4. The number of aliphatic hydroxyl groups is 1. The van der Waals surface area contributed by atoms with Gasteiger partial charge in [0.2, 0.25) is 0 Å². The maximum atomic E-state index is 13.4. The Morgan fingerprint density at radius 3 is 2.00 bits per heavy atom.